The van der Waals surface area contributed by atoms with Crippen LogP contribution in [0.5, 0.6) is 0 Å². The number of aryl methyl sites for hydroxylation is 1. The molecule has 1 aromatic rings. The number of benzene rings is 1. The molecule has 25 heavy (non-hydrogen) atoms. The number of esters is 1. The number of ether oxygens (including phenoxy) is 2. The number of nitrogens with one attached hydrogen (secondary N) is 2. The molecule has 7 heteroatoms. The molecule has 1 amide bonds. The Hall–Kier alpha value is -1.63. The first-order chi connectivity index (χ1) is 11.6. The average Bonchev–Trinajstić information content (AvgIpc) is 2.61. The van der Waals surface area contributed by atoms with E-state index in [-0.39, 0.29) is 24.3 Å². The quantitative estimate of drug-likeness (QED) is 0.719. The van der Waals surface area contributed by atoms with Crippen molar-refractivity contribution in [3.63, 3.8) is 0 Å². The normalized spacial score (nSPS) is 15.8. The van der Waals surface area contributed by atoms with Crippen molar-refractivity contribution in [3.8, 4) is 0 Å². The molecular weight excluding hydrogens is 344 g/mol. The third-order valence-electron chi connectivity index (χ3n) is 4.52. The Bertz CT molecular complexity index is 551. The van der Waals surface area contributed by atoms with Crippen LogP contribution >= 0.6 is 12.4 Å². The molecule has 0 bridgehead atoms. The number of amides is 1. The molecule has 0 aliphatic carbocycles. The molecule has 1 fully saturated rings. The summed E-state index contributed by atoms with van der Waals surface area (Å²) in [7, 11) is 3.02. The number of methoxy groups -OCH3 is 2. The van der Waals surface area contributed by atoms with Crippen molar-refractivity contribution in [2.75, 3.05) is 39.2 Å². The third-order valence-corrected chi connectivity index (χ3v) is 4.52. The monoisotopic (exact) mass is 370 g/mol. The minimum absolute atomic E-state index is 0. The smallest absolute Gasteiger partial charge is 0.305 e. The van der Waals surface area contributed by atoms with Crippen molar-refractivity contribution in [2.45, 2.75) is 25.7 Å². The fourth-order valence-electron chi connectivity index (χ4n) is 2.99. The van der Waals surface area contributed by atoms with Gasteiger partial charge in [-0.05, 0) is 50.0 Å². The lowest BCUT2D eigenvalue weighted by molar-refractivity contribution is -0.140. The van der Waals surface area contributed by atoms with Crippen molar-refractivity contribution in [3.05, 3.63) is 29.8 Å². The highest BCUT2D eigenvalue weighted by atomic mass is 35.5. The summed E-state index contributed by atoms with van der Waals surface area (Å²) >= 11 is 0. The predicted molar refractivity (Wildman–Crippen MR) is 99.1 cm³/mol. The zero-order valence-corrected chi connectivity index (χ0v) is 15.6. The van der Waals surface area contributed by atoms with Gasteiger partial charge in [-0.1, -0.05) is 12.1 Å². The Balaban J connectivity index is 0.00000312. The van der Waals surface area contributed by atoms with Gasteiger partial charge in [0.15, 0.2) is 0 Å². The molecule has 2 N–H and O–H groups in total. The van der Waals surface area contributed by atoms with Gasteiger partial charge in [-0.2, -0.15) is 0 Å². The number of anilines is 1. The van der Waals surface area contributed by atoms with E-state index >= 15 is 0 Å². The molecule has 0 spiro atoms. The van der Waals surface area contributed by atoms with E-state index in [1.54, 1.807) is 7.11 Å². The van der Waals surface area contributed by atoms with E-state index in [1.165, 1.54) is 7.11 Å². The Morgan fingerprint density at radius 2 is 1.80 bits per heavy atom. The zero-order valence-electron chi connectivity index (χ0n) is 14.8. The van der Waals surface area contributed by atoms with Crippen LogP contribution in [0.1, 0.15) is 24.8 Å². The lowest BCUT2D eigenvalue weighted by Crippen LogP contribution is -2.47. The van der Waals surface area contributed by atoms with Crippen LogP contribution in [0.2, 0.25) is 0 Å². The van der Waals surface area contributed by atoms with Gasteiger partial charge in [-0.3, -0.25) is 9.59 Å². The highest BCUT2D eigenvalue weighted by Crippen LogP contribution is 2.31. The van der Waals surface area contributed by atoms with E-state index in [4.69, 9.17) is 4.74 Å². The van der Waals surface area contributed by atoms with Gasteiger partial charge in [0.2, 0.25) is 5.91 Å². The van der Waals surface area contributed by atoms with Crippen molar-refractivity contribution in [1.82, 2.24) is 5.32 Å². The fraction of sp³-hybridized carbons (Fsp3) is 0.556. The summed E-state index contributed by atoms with van der Waals surface area (Å²) in [5.41, 5.74) is 1.33. The van der Waals surface area contributed by atoms with Gasteiger partial charge in [0.1, 0.15) is 0 Å². The Labute approximate surface area is 155 Å². The van der Waals surface area contributed by atoms with Crippen molar-refractivity contribution in [2.24, 2.45) is 5.41 Å². The van der Waals surface area contributed by atoms with Gasteiger partial charge >= 0.3 is 5.97 Å². The van der Waals surface area contributed by atoms with Gasteiger partial charge in [0, 0.05) is 19.2 Å². The second kappa shape index (κ2) is 10.4. The molecule has 1 heterocycles. The Morgan fingerprint density at radius 3 is 2.36 bits per heavy atom. The second-order valence-electron chi connectivity index (χ2n) is 6.19. The van der Waals surface area contributed by atoms with Crippen LogP contribution in [-0.2, 0) is 25.5 Å². The maximum atomic E-state index is 12.7. The second-order valence-corrected chi connectivity index (χ2v) is 6.19. The number of piperidine rings is 1. The number of halogens is 1. The number of carbonyl (C=O) groups is 2. The summed E-state index contributed by atoms with van der Waals surface area (Å²) < 4.78 is 9.93. The Morgan fingerprint density at radius 1 is 1.16 bits per heavy atom. The summed E-state index contributed by atoms with van der Waals surface area (Å²) in [5, 5.41) is 6.28. The van der Waals surface area contributed by atoms with E-state index in [1.807, 2.05) is 24.3 Å². The zero-order chi connectivity index (χ0) is 17.4. The lowest BCUT2D eigenvalue weighted by Gasteiger charge is -2.35. The molecule has 0 unspecified atom stereocenters. The molecule has 2 rings (SSSR count). The molecule has 0 atom stereocenters. The topological polar surface area (TPSA) is 76.7 Å². The molecule has 1 aliphatic heterocycles. The molecule has 0 aromatic heterocycles. The molecule has 0 radical (unpaired) electrons. The molecule has 140 valence electrons. The minimum atomic E-state index is -0.469. The van der Waals surface area contributed by atoms with Crippen LogP contribution in [-0.4, -0.2) is 45.8 Å². The number of hydrogen-bond donors (Lipinski definition) is 2. The largest absolute Gasteiger partial charge is 0.469 e. The Kier molecular flexibility index (Phi) is 8.89. The molecular formula is C18H27ClN2O4. The highest BCUT2D eigenvalue weighted by Gasteiger charge is 2.39. The van der Waals surface area contributed by atoms with Gasteiger partial charge in [0.05, 0.1) is 19.1 Å². The summed E-state index contributed by atoms with van der Waals surface area (Å²) in [6.07, 6.45) is 2.51. The molecule has 1 aromatic carbocycles. The minimum Gasteiger partial charge on any atom is -0.469 e. The highest BCUT2D eigenvalue weighted by molar-refractivity contribution is 5.95. The number of rotatable bonds is 7. The summed E-state index contributed by atoms with van der Waals surface area (Å²) in [6, 6.07) is 7.58. The third kappa shape index (κ3) is 5.99. The van der Waals surface area contributed by atoms with Gasteiger partial charge in [-0.25, -0.2) is 0 Å². The van der Waals surface area contributed by atoms with E-state index < -0.39 is 5.41 Å². The summed E-state index contributed by atoms with van der Waals surface area (Å²) in [5.74, 6) is -0.215. The standard InChI is InChI=1S/C18H26N2O4.ClH/c1-23-13-18(9-11-19-12-10-18)17(22)20-15-6-3-14(4-7-15)5-8-16(21)24-2;/h3-4,6-7,19H,5,8-13H2,1-2H3,(H,20,22);1H. The van der Waals surface area contributed by atoms with Crippen molar-refractivity contribution < 1.29 is 19.1 Å². The first-order valence-corrected chi connectivity index (χ1v) is 8.26. The van der Waals surface area contributed by atoms with Crippen LogP contribution in [0, 0.1) is 5.41 Å². The van der Waals surface area contributed by atoms with E-state index in [9.17, 15) is 9.59 Å². The van der Waals surface area contributed by atoms with Crippen LogP contribution in [0.4, 0.5) is 5.69 Å². The molecule has 1 aliphatic rings. The van der Waals surface area contributed by atoms with Gasteiger partial charge in [-0.15, -0.1) is 12.4 Å². The van der Waals surface area contributed by atoms with Crippen LogP contribution in [0.15, 0.2) is 24.3 Å². The van der Waals surface area contributed by atoms with Gasteiger partial charge < -0.3 is 20.1 Å². The molecule has 1 saturated heterocycles. The lowest BCUT2D eigenvalue weighted by atomic mass is 9.78. The maximum Gasteiger partial charge on any atom is 0.305 e. The van der Waals surface area contributed by atoms with Crippen molar-refractivity contribution in [1.29, 1.82) is 0 Å². The number of hydrogen-bond acceptors (Lipinski definition) is 5. The molecule has 0 saturated carbocycles. The fourth-order valence-corrected chi connectivity index (χ4v) is 2.99. The first kappa shape index (κ1) is 21.4. The predicted octanol–water partition coefficient (Wildman–Crippen LogP) is 2.17. The first-order valence-electron chi connectivity index (χ1n) is 8.26. The SMILES string of the molecule is COCC1(C(=O)Nc2ccc(CCC(=O)OC)cc2)CCNCC1.Cl. The maximum absolute atomic E-state index is 12.7. The van der Waals surface area contributed by atoms with Crippen LogP contribution in [0.25, 0.3) is 0 Å². The molecule has 6 nitrogen and oxygen atoms in total. The summed E-state index contributed by atoms with van der Waals surface area (Å²) in [4.78, 5) is 23.9. The van der Waals surface area contributed by atoms with Crippen LogP contribution in [0.3, 0.4) is 0 Å². The van der Waals surface area contributed by atoms with Crippen LogP contribution < -0.4 is 10.6 Å². The van der Waals surface area contributed by atoms with E-state index in [2.05, 4.69) is 15.4 Å². The number of carbonyl (C=O) groups excluding carboxylic acids is 2. The van der Waals surface area contributed by atoms with E-state index in [0.29, 0.717) is 19.4 Å². The van der Waals surface area contributed by atoms with E-state index in [0.717, 1.165) is 37.2 Å². The average molecular weight is 371 g/mol. The van der Waals surface area contributed by atoms with Gasteiger partial charge in [0.25, 0.3) is 0 Å². The summed E-state index contributed by atoms with van der Waals surface area (Å²) in [6.45, 7) is 2.07. The van der Waals surface area contributed by atoms with Crippen molar-refractivity contribution >= 4 is 30.0 Å².